The summed E-state index contributed by atoms with van der Waals surface area (Å²) in [5, 5.41) is 3.26. The van der Waals surface area contributed by atoms with Crippen LogP contribution in [0.1, 0.15) is 24.3 Å². The van der Waals surface area contributed by atoms with Crippen LogP contribution in [-0.4, -0.2) is 16.1 Å². The first kappa shape index (κ1) is 12.9. The molecule has 0 fully saturated rings. The molecule has 20 heavy (non-hydrogen) atoms. The van der Waals surface area contributed by atoms with Crippen molar-refractivity contribution in [2.75, 3.05) is 6.54 Å². The van der Waals surface area contributed by atoms with Gasteiger partial charge in [-0.25, -0.2) is 4.98 Å². The highest BCUT2D eigenvalue weighted by molar-refractivity contribution is 5.75. The van der Waals surface area contributed by atoms with Crippen molar-refractivity contribution in [3.8, 4) is 0 Å². The van der Waals surface area contributed by atoms with Crippen LogP contribution in [0.2, 0.25) is 0 Å². The molecule has 0 saturated carbocycles. The maximum atomic E-state index is 5.82. The number of para-hydroxylation sites is 2. The zero-order valence-electron chi connectivity index (χ0n) is 11.9. The van der Waals surface area contributed by atoms with Gasteiger partial charge >= 0.3 is 0 Å². The Kier molecular flexibility index (Phi) is 3.56. The van der Waals surface area contributed by atoms with E-state index in [1.165, 1.54) is 0 Å². The number of fused-ring (bicyclic) bond motifs is 1. The third-order valence-electron chi connectivity index (χ3n) is 3.48. The molecule has 0 saturated heterocycles. The van der Waals surface area contributed by atoms with E-state index in [0.29, 0.717) is 0 Å². The third kappa shape index (κ3) is 2.47. The van der Waals surface area contributed by atoms with Crippen molar-refractivity contribution in [1.82, 2.24) is 14.9 Å². The number of rotatable bonds is 5. The van der Waals surface area contributed by atoms with Gasteiger partial charge in [0.2, 0.25) is 0 Å². The van der Waals surface area contributed by atoms with Gasteiger partial charge in [-0.1, -0.05) is 19.1 Å². The smallest absolute Gasteiger partial charge is 0.117 e. The minimum atomic E-state index is 0.720. The molecule has 3 rings (SSSR count). The predicted molar refractivity (Wildman–Crippen MR) is 79.6 cm³/mol. The van der Waals surface area contributed by atoms with E-state index in [1.54, 1.807) is 0 Å². The molecule has 3 aromatic rings. The summed E-state index contributed by atoms with van der Waals surface area (Å²) >= 11 is 0. The van der Waals surface area contributed by atoms with E-state index in [2.05, 4.69) is 27.9 Å². The number of imidazole rings is 1. The van der Waals surface area contributed by atoms with E-state index in [9.17, 15) is 0 Å². The quantitative estimate of drug-likeness (QED) is 0.774. The second-order valence-corrected chi connectivity index (χ2v) is 4.90. The Bertz CT molecular complexity index is 711. The summed E-state index contributed by atoms with van der Waals surface area (Å²) in [6.07, 6.45) is 0.720. The van der Waals surface area contributed by atoms with Crippen molar-refractivity contribution in [2.24, 2.45) is 7.05 Å². The van der Waals surface area contributed by atoms with Gasteiger partial charge in [-0.3, -0.25) is 0 Å². The van der Waals surface area contributed by atoms with Gasteiger partial charge in [0.15, 0.2) is 0 Å². The molecule has 1 N–H and O–H groups in total. The average Bonchev–Trinajstić information content (AvgIpc) is 3.03. The molecule has 0 unspecified atom stereocenters. The first-order chi connectivity index (χ1) is 9.78. The van der Waals surface area contributed by atoms with E-state index in [-0.39, 0.29) is 0 Å². The summed E-state index contributed by atoms with van der Waals surface area (Å²) in [6.45, 7) is 3.81. The Labute approximate surface area is 118 Å². The van der Waals surface area contributed by atoms with Crippen molar-refractivity contribution in [3.63, 3.8) is 0 Å². The summed E-state index contributed by atoms with van der Waals surface area (Å²) in [5.41, 5.74) is 2.19. The fourth-order valence-corrected chi connectivity index (χ4v) is 2.37. The standard InChI is InChI=1S/C16H19N3O/c1-3-17-11-13-9-8-12(20-13)10-16-18-14-6-4-5-7-15(14)19(16)2/h4-9,17H,3,10-11H2,1-2H3. The average molecular weight is 269 g/mol. The highest BCUT2D eigenvalue weighted by Gasteiger charge is 2.10. The Morgan fingerprint density at radius 1 is 1.15 bits per heavy atom. The maximum Gasteiger partial charge on any atom is 0.117 e. The number of nitrogens with zero attached hydrogens (tertiary/aromatic N) is 2. The van der Waals surface area contributed by atoms with Crippen LogP contribution in [0.4, 0.5) is 0 Å². The van der Waals surface area contributed by atoms with Crippen molar-refractivity contribution in [2.45, 2.75) is 19.9 Å². The van der Waals surface area contributed by atoms with E-state index >= 15 is 0 Å². The van der Waals surface area contributed by atoms with E-state index < -0.39 is 0 Å². The predicted octanol–water partition coefficient (Wildman–Crippen LogP) is 2.87. The third-order valence-corrected chi connectivity index (χ3v) is 3.48. The van der Waals surface area contributed by atoms with E-state index in [1.807, 2.05) is 37.4 Å². The largest absolute Gasteiger partial charge is 0.464 e. The van der Waals surface area contributed by atoms with Gasteiger partial charge in [0.05, 0.1) is 24.0 Å². The van der Waals surface area contributed by atoms with Gasteiger partial charge in [-0.15, -0.1) is 0 Å². The minimum Gasteiger partial charge on any atom is -0.464 e. The molecule has 0 radical (unpaired) electrons. The SMILES string of the molecule is CCNCc1ccc(Cc2nc3ccccc3n2C)o1. The van der Waals surface area contributed by atoms with Crippen LogP contribution < -0.4 is 5.32 Å². The lowest BCUT2D eigenvalue weighted by Crippen LogP contribution is -2.10. The molecule has 2 aromatic heterocycles. The van der Waals surface area contributed by atoms with E-state index in [0.717, 1.165) is 47.9 Å². The molecule has 0 bridgehead atoms. The molecule has 0 spiro atoms. The fourth-order valence-electron chi connectivity index (χ4n) is 2.37. The zero-order chi connectivity index (χ0) is 13.9. The molecule has 0 aliphatic carbocycles. The summed E-state index contributed by atoms with van der Waals surface area (Å²) in [5.74, 6) is 2.95. The van der Waals surface area contributed by atoms with Crippen molar-refractivity contribution >= 4 is 11.0 Å². The summed E-state index contributed by atoms with van der Waals surface area (Å²) in [6, 6.07) is 12.2. The molecular weight excluding hydrogens is 250 g/mol. The molecule has 2 heterocycles. The molecule has 0 atom stereocenters. The van der Waals surface area contributed by atoms with Gasteiger partial charge in [-0.05, 0) is 30.8 Å². The second kappa shape index (κ2) is 5.51. The Balaban J connectivity index is 1.82. The van der Waals surface area contributed by atoms with Gasteiger partial charge in [0.1, 0.15) is 17.3 Å². The second-order valence-electron chi connectivity index (χ2n) is 4.90. The lowest BCUT2D eigenvalue weighted by molar-refractivity contribution is 0.453. The van der Waals surface area contributed by atoms with Crippen molar-refractivity contribution in [3.05, 3.63) is 53.7 Å². The topological polar surface area (TPSA) is 43.0 Å². The molecule has 1 aromatic carbocycles. The normalized spacial score (nSPS) is 11.3. The molecule has 0 amide bonds. The zero-order valence-corrected chi connectivity index (χ0v) is 11.9. The fraction of sp³-hybridized carbons (Fsp3) is 0.312. The van der Waals surface area contributed by atoms with Crippen LogP contribution in [0.3, 0.4) is 0 Å². The summed E-state index contributed by atoms with van der Waals surface area (Å²) in [4.78, 5) is 4.67. The molecule has 0 aliphatic rings. The maximum absolute atomic E-state index is 5.82. The van der Waals surface area contributed by atoms with Crippen LogP contribution in [0.15, 0.2) is 40.8 Å². The number of aryl methyl sites for hydroxylation is 1. The monoisotopic (exact) mass is 269 g/mol. The van der Waals surface area contributed by atoms with Gasteiger partial charge in [-0.2, -0.15) is 0 Å². The number of aromatic nitrogens is 2. The Morgan fingerprint density at radius 2 is 1.95 bits per heavy atom. The number of nitrogens with one attached hydrogen (secondary N) is 1. The molecule has 4 heteroatoms. The molecule has 104 valence electrons. The van der Waals surface area contributed by atoms with Crippen LogP contribution in [0, 0.1) is 0 Å². The highest BCUT2D eigenvalue weighted by Crippen LogP contribution is 2.18. The first-order valence-corrected chi connectivity index (χ1v) is 6.96. The van der Waals surface area contributed by atoms with Gasteiger partial charge in [0.25, 0.3) is 0 Å². The first-order valence-electron chi connectivity index (χ1n) is 6.96. The van der Waals surface area contributed by atoms with Crippen molar-refractivity contribution in [1.29, 1.82) is 0 Å². The molecule has 0 aliphatic heterocycles. The number of benzene rings is 1. The minimum absolute atomic E-state index is 0.720. The van der Waals surface area contributed by atoms with E-state index in [4.69, 9.17) is 4.42 Å². The number of hydrogen-bond donors (Lipinski definition) is 1. The number of furan rings is 1. The van der Waals surface area contributed by atoms with Crippen LogP contribution in [-0.2, 0) is 20.0 Å². The molecular formula is C16H19N3O. The van der Waals surface area contributed by atoms with Gasteiger partial charge < -0.3 is 14.3 Å². The van der Waals surface area contributed by atoms with Crippen LogP contribution >= 0.6 is 0 Å². The summed E-state index contributed by atoms with van der Waals surface area (Å²) in [7, 11) is 2.05. The van der Waals surface area contributed by atoms with Crippen molar-refractivity contribution < 1.29 is 4.42 Å². The Hall–Kier alpha value is -2.07. The molecule has 4 nitrogen and oxygen atoms in total. The van der Waals surface area contributed by atoms with Crippen LogP contribution in [0.25, 0.3) is 11.0 Å². The van der Waals surface area contributed by atoms with Crippen LogP contribution in [0.5, 0.6) is 0 Å². The Morgan fingerprint density at radius 3 is 2.75 bits per heavy atom. The lowest BCUT2D eigenvalue weighted by Gasteiger charge is -2.00. The highest BCUT2D eigenvalue weighted by atomic mass is 16.3. The summed E-state index contributed by atoms with van der Waals surface area (Å²) < 4.78 is 7.95. The lowest BCUT2D eigenvalue weighted by atomic mass is 10.3. The number of hydrogen-bond acceptors (Lipinski definition) is 3. The van der Waals surface area contributed by atoms with Gasteiger partial charge in [0, 0.05) is 7.05 Å².